The van der Waals surface area contributed by atoms with E-state index >= 15 is 0 Å². The second-order valence-electron chi connectivity index (χ2n) is 5.34. The maximum atomic E-state index is 12.8. The van der Waals surface area contributed by atoms with Crippen LogP contribution < -0.4 is 0 Å². The van der Waals surface area contributed by atoms with Crippen molar-refractivity contribution in [3.63, 3.8) is 0 Å². The van der Waals surface area contributed by atoms with Crippen molar-refractivity contribution in [1.29, 1.82) is 0 Å². The summed E-state index contributed by atoms with van der Waals surface area (Å²) in [5, 5.41) is 0.359. The molecule has 0 bridgehead atoms. The largest absolute Gasteiger partial charge is 0.331 e. The van der Waals surface area contributed by atoms with E-state index in [0.29, 0.717) is 23.3 Å². The fourth-order valence-corrected chi connectivity index (χ4v) is 2.61. The Labute approximate surface area is 128 Å². The van der Waals surface area contributed by atoms with Gasteiger partial charge in [0.25, 0.3) is 5.91 Å². The van der Waals surface area contributed by atoms with Crippen LogP contribution in [0.15, 0.2) is 36.7 Å². The monoisotopic (exact) mass is 301 g/mol. The average molecular weight is 302 g/mol. The third kappa shape index (κ3) is 3.39. The molecule has 3 rings (SSSR count). The number of carbonyl (C=O) groups is 1. The molecule has 2 aromatic rings. The standard InChI is InChI=1S/C16H16ClN3O/c1-11-8-13(9-15(17)19-11)16(21)20(14-2-3-14)10-12-4-6-18-7-5-12/h4-9,14H,2-3,10H2,1H3. The van der Waals surface area contributed by atoms with Crippen LogP contribution >= 0.6 is 11.6 Å². The van der Waals surface area contributed by atoms with Gasteiger partial charge >= 0.3 is 0 Å². The van der Waals surface area contributed by atoms with Crippen molar-refractivity contribution in [2.75, 3.05) is 0 Å². The van der Waals surface area contributed by atoms with Crippen molar-refractivity contribution in [2.45, 2.75) is 32.4 Å². The molecule has 108 valence electrons. The zero-order chi connectivity index (χ0) is 14.8. The van der Waals surface area contributed by atoms with E-state index in [4.69, 9.17) is 11.6 Å². The van der Waals surface area contributed by atoms with Crippen LogP contribution in [0.3, 0.4) is 0 Å². The van der Waals surface area contributed by atoms with E-state index in [-0.39, 0.29) is 5.91 Å². The van der Waals surface area contributed by atoms with Gasteiger partial charge in [0.2, 0.25) is 0 Å². The lowest BCUT2D eigenvalue weighted by Crippen LogP contribution is -2.32. The molecule has 0 aliphatic heterocycles. The van der Waals surface area contributed by atoms with Gasteiger partial charge in [-0.25, -0.2) is 4.98 Å². The number of amides is 1. The average Bonchev–Trinajstić information content (AvgIpc) is 3.29. The summed E-state index contributed by atoms with van der Waals surface area (Å²) in [7, 11) is 0. The first-order valence-electron chi connectivity index (χ1n) is 6.97. The maximum Gasteiger partial charge on any atom is 0.254 e. The number of carbonyl (C=O) groups excluding carboxylic acids is 1. The Balaban J connectivity index is 1.85. The summed E-state index contributed by atoms with van der Waals surface area (Å²) in [4.78, 5) is 22.8. The molecule has 2 aromatic heterocycles. The number of rotatable bonds is 4. The van der Waals surface area contributed by atoms with E-state index in [0.717, 1.165) is 24.1 Å². The van der Waals surface area contributed by atoms with Crippen molar-refractivity contribution in [2.24, 2.45) is 0 Å². The number of hydrogen-bond donors (Lipinski definition) is 0. The van der Waals surface area contributed by atoms with Crippen molar-refractivity contribution in [1.82, 2.24) is 14.9 Å². The summed E-state index contributed by atoms with van der Waals surface area (Å²) in [6.45, 7) is 2.44. The first-order chi connectivity index (χ1) is 10.1. The molecule has 1 aliphatic rings. The SMILES string of the molecule is Cc1cc(C(=O)N(Cc2ccncc2)C2CC2)cc(Cl)n1. The molecule has 0 radical (unpaired) electrons. The minimum Gasteiger partial charge on any atom is -0.331 e. The van der Waals surface area contributed by atoms with E-state index in [9.17, 15) is 4.79 Å². The Morgan fingerprint density at radius 3 is 2.67 bits per heavy atom. The third-order valence-corrected chi connectivity index (χ3v) is 3.71. The van der Waals surface area contributed by atoms with Crippen LogP contribution in [0.25, 0.3) is 0 Å². The molecule has 1 aliphatic carbocycles. The minimum absolute atomic E-state index is 0.0155. The minimum atomic E-state index is 0.0155. The Bertz CT molecular complexity index is 636. The smallest absolute Gasteiger partial charge is 0.254 e. The molecular formula is C16H16ClN3O. The quantitative estimate of drug-likeness (QED) is 0.814. The molecule has 1 amide bonds. The molecule has 0 atom stereocenters. The summed E-state index contributed by atoms with van der Waals surface area (Å²) in [5.41, 5.74) is 2.45. The second-order valence-corrected chi connectivity index (χ2v) is 5.73. The van der Waals surface area contributed by atoms with Crippen molar-refractivity contribution < 1.29 is 4.79 Å². The molecule has 0 spiro atoms. The molecule has 0 unspecified atom stereocenters. The Morgan fingerprint density at radius 2 is 2.05 bits per heavy atom. The first-order valence-corrected chi connectivity index (χ1v) is 7.35. The first kappa shape index (κ1) is 14.0. The van der Waals surface area contributed by atoms with Gasteiger partial charge in [-0.2, -0.15) is 0 Å². The van der Waals surface area contributed by atoms with Crippen molar-refractivity contribution >= 4 is 17.5 Å². The normalized spacial score (nSPS) is 14.0. The molecule has 5 heteroatoms. The topological polar surface area (TPSA) is 46.1 Å². The van der Waals surface area contributed by atoms with Crippen LogP contribution in [0, 0.1) is 6.92 Å². The number of nitrogens with zero attached hydrogens (tertiary/aromatic N) is 3. The third-order valence-electron chi connectivity index (χ3n) is 3.52. The fourth-order valence-electron chi connectivity index (χ4n) is 2.36. The van der Waals surface area contributed by atoms with Gasteiger partial charge in [0.05, 0.1) is 0 Å². The summed E-state index contributed by atoms with van der Waals surface area (Å²) in [5.74, 6) is 0.0155. The van der Waals surface area contributed by atoms with Crippen LogP contribution in [0.5, 0.6) is 0 Å². The van der Waals surface area contributed by atoms with Gasteiger partial charge < -0.3 is 4.90 Å². The van der Waals surface area contributed by atoms with Crippen LogP contribution in [-0.4, -0.2) is 26.8 Å². The van der Waals surface area contributed by atoms with Crippen LogP contribution in [-0.2, 0) is 6.54 Å². The van der Waals surface area contributed by atoms with Gasteiger partial charge in [-0.05, 0) is 49.6 Å². The van der Waals surface area contributed by atoms with Gasteiger partial charge in [-0.1, -0.05) is 11.6 Å². The van der Waals surface area contributed by atoms with Gasteiger partial charge in [-0.15, -0.1) is 0 Å². The molecule has 0 saturated heterocycles. The summed E-state index contributed by atoms with van der Waals surface area (Å²) in [6, 6.07) is 7.63. The molecule has 1 fully saturated rings. The Kier molecular flexibility index (Phi) is 3.88. The summed E-state index contributed by atoms with van der Waals surface area (Å²) < 4.78 is 0. The van der Waals surface area contributed by atoms with Crippen molar-refractivity contribution in [3.8, 4) is 0 Å². The number of aromatic nitrogens is 2. The molecule has 1 saturated carbocycles. The highest BCUT2D eigenvalue weighted by atomic mass is 35.5. The van der Waals surface area contributed by atoms with Crippen LogP contribution in [0.4, 0.5) is 0 Å². The molecular weight excluding hydrogens is 286 g/mol. The number of halogens is 1. The van der Waals surface area contributed by atoms with E-state index in [1.807, 2.05) is 24.0 Å². The molecule has 0 N–H and O–H groups in total. The summed E-state index contributed by atoms with van der Waals surface area (Å²) >= 11 is 5.96. The van der Waals surface area contributed by atoms with E-state index in [1.165, 1.54) is 0 Å². The number of aryl methyl sites for hydroxylation is 1. The van der Waals surface area contributed by atoms with Gasteiger partial charge in [0, 0.05) is 36.2 Å². The highest BCUT2D eigenvalue weighted by molar-refractivity contribution is 6.29. The van der Waals surface area contributed by atoms with Gasteiger partial charge in [-0.3, -0.25) is 9.78 Å². The zero-order valence-corrected chi connectivity index (χ0v) is 12.5. The predicted octanol–water partition coefficient (Wildman–Crippen LogP) is 3.24. The van der Waals surface area contributed by atoms with E-state index < -0.39 is 0 Å². The lowest BCUT2D eigenvalue weighted by Gasteiger charge is -2.22. The lowest BCUT2D eigenvalue weighted by molar-refractivity contribution is 0.0729. The number of hydrogen-bond acceptors (Lipinski definition) is 3. The van der Waals surface area contributed by atoms with E-state index in [1.54, 1.807) is 24.5 Å². The van der Waals surface area contributed by atoms with Crippen LogP contribution in [0.2, 0.25) is 5.15 Å². The Morgan fingerprint density at radius 1 is 1.33 bits per heavy atom. The molecule has 2 heterocycles. The zero-order valence-electron chi connectivity index (χ0n) is 11.8. The van der Waals surface area contributed by atoms with E-state index in [2.05, 4.69) is 9.97 Å². The molecule has 0 aromatic carbocycles. The van der Waals surface area contributed by atoms with Crippen molar-refractivity contribution in [3.05, 3.63) is 58.6 Å². The van der Waals surface area contributed by atoms with Gasteiger partial charge in [0.1, 0.15) is 5.15 Å². The van der Waals surface area contributed by atoms with Crippen LogP contribution in [0.1, 0.15) is 34.5 Å². The highest BCUT2D eigenvalue weighted by Gasteiger charge is 2.33. The maximum absolute atomic E-state index is 12.8. The molecule has 21 heavy (non-hydrogen) atoms. The highest BCUT2D eigenvalue weighted by Crippen LogP contribution is 2.30. The second kappa shape index (κ2) is 5.82. The van der Waals surface area contributed by atoms with Gasteiger partial charge in [0.15, 0.2) is 0 Å². The Hall–Kier alpha value is -1.94. The number of pyridine rings is 2. The molecule has 4 nitrogen and oxygen atoms in total. The predicted molar refractivity (Wildman–Crippen MR) is 81.1 cm³/mol. The lowest BCUT2D eigenvalue weighted by atomic mass is 10.1. The summed E-state index contributed by atoms with van der Waals surface area (Å²) in [6.07, 6.45) is 5.62. The fraction of sp³-hybridized carbons (Fsp3) is 0.312.